The standard InChI is InChI=1S/C15H18N2O3/c1-10(4-6-12-3-2-8-20-12)17-11-5-7-13(15(18)19)14(16)9-11/h2-3,5,7-10,17H,4,6,16H2,1H3,(H,18,19). The quantitative estimate of drug-likeness (QED) is 0.705. The van der Waals surface area contributed by atoms with Gasteiger partial charge < -0.3 is 20.6 Å². The Balaban J connectivity index is 1.92. The lowest BCUT2D eigenvalue weighted by atomic mass is 10.1. The van der Waals surface area contributed by atoms with E-state index in [1.54, 1.807) is 18.4 Å². The fraction of sp³-hybridized carbons (Fsp3) is 0.267. The van der Waals surface area contributed by atoms with Gasteiger partial charge in [0.2, 0.25) is 0 Å². The van der Waals surface area contributed by atoms with Crippen molar-refractivity contribution in [1.82, 2.24) is 0 Å². The predicted octanol–water partition coefficient (Wildman–Crippen LogP) is 2.99. The highest BCUT2D eigenvalue weighted by molar-refractivity contribution is 5.94. The molecular formula is C15H18N2O3. The zero-order valence-corrected chi connectivity index (χ0v) is 11.3. The number of rotatable bonds is 6. The average Bonchev–Trinajstić information content (AvgIpc) is 2.89. The number of carbonyl (C=O) groups is 1. The minimum absolute atomic E-state index is 0.124. The number of carboxylic acid groups (broad SMARTS) is 1. The van der Waals surface area contributed by atoms with Gasteiger partial charge in [-0.05, 0) is 43.7 Å². The number of nitrogen functional groups attached to an aromatic ring is 1. The normalized spacial score (nSPS) is 12.1. The first-order valence-electron chi connectivity index (χ1n) is 6.48. The smallest absolute Gasteiger partial charge is 0.337 e. The van der Waals surface area contributed by atoms with E-state index in [-0.39, 0.29) is 17.3 Å². The summed E-state index contributed by atoms with van der Waals surface area (Å²) in [5.74, 6) is -0.0562. The van der Waals surface area contributed by atoms with E-state index >= 15 is 0 Å². The molecule has 0 bridgehead atoms. The molecule has 1 aromatic heterocycles. The third-order valence-corrected chi connectivity index (χ3v) is 3.10. The van der Waals surface area contributed by atoms with Crippen LogP contribution in [0.15, 0.2) is 41.0 Å². The number of anilines is 2. The molecule has 0 amide bonds. The van der Waals surface area contributed by atoms with Gasteiger partial charge in [0, 0.05) is 23.8 Å². The van der Waals surface area contributed by atoms with Crippen LogP contribution >= 0.6 is 0 Å². The van der Waals surface area contributed by atoms with Crippen LogP contribution in [0, 0.1) is 0 Å². The molecule has 0 saturated carbocycles. The number of carboxylic acids is 1. The summed E-state index contributed by atoms with van der Waals surface area (Å²) in [6.45, 7) is 2.06. The summed E-state index contributed by atoms with van der Waals surface area (Å²) in [4.78, 5) is 10.9. The number of nitrogens with one attached hydrogen (secondary N) is 1. The van der Waals surface area contributed by atoms with Crippen molar-refractivity contribution in [2.75, 3.05) is 11.1 Å². The van der Waals surface area contributed by atoms with Crippen molar-refractivity contribution in [3.63, 3.8) is 0 Å². The van der Waals surface area contributed by atoms with Gasteiger partial charge in [-0.3, -0.25) is 0 Å². The van der Waals surface area contributed by atoms with Crippen molar-refractivity contribution in [2.45, 2.75) is 25.8 Å². The van der Waals surface area contributed by atoms with Gasteiger partial charge in [0.1, 0.15) is 5.76 Å². The summed E-state index contributed by atoms with van der Waals surface area (Å²) < 4.78 is 5.28. The SMILES string of the molecule is CC(CCc1ccco1)Nc1ccc(C(=O)O)c(N)c1. The van der Waals surface area contributed by atoms with Crippen LogP contribution in [0.3, 0.4) is 0 Å². The van der Waals surface area contributed by atoms with E-state index in [0.717, 1.165) is 24.3 Å². The monoisotopic (exact) mass is 274 g/mol. The minimum Gasteiger partial charge on any atom is -0.478 e. The van der Waals surface area contributed by atoms with Crippen molar-refractivity contribution in [1.29, 1.82) is 0 Å². The summed E-state index contributed by atoms with van der Waals surface area (Å²) in [6, 6.07) is 8.94. The molecule has 0 saturated heterocycles. The van der Waals surface area contributed by atoms with Crippen LogP contribution in [-0.4, -0.2) is 17.1 Å². The molecule has 5 nitrogen and oxygen atoms in total. The Labute approximate surface area is 117 Å². The summed E-state index contributed by atoms with van der Waals surface area (Å²) in [6.07, 6.45) is 3.43. The summed E-state index contributed by atoms with van der Waals surface area (Å²) >= 11 is 0. The Bertz CT molecular complexity index is 579. The fourth-order valence-corrected chi connectivity index (χ4v) is 2.02. The van der Waals surface area contributed by atoms with Crippen LogP contribution in [0.1, 0.15) is 29.5 Å². The molecule has 106 valence electrons. The Hall–Kier alpha value is -2.43. The second-order valence-electron chi connectivity index (χ2n) is 4.77. The lowest BCUT2D eigenvalue weighted by Crippen LogP contribution is -2.16. The second-order valence-corrected chi connectivity index (χ2v) is 4.77. The van der Waals surface area contributed by atoms with Crippen LogP contribution in [0.2, 0.25) is 0 Å². The maximum atomic E-state index is 10.9. The molecule has 0 aliphatic rings. The first kappa shape index (κ1) is 14.0. The van der Waals surface area contributed by atoms with Gasteiger partial charge in [0.15, 0.2) is 0 Å². The lowest BCUT2D eigenvalue weighted by Gasteiger charge is -2.15. The van der Waals surface area contributed by atoms with Crippen LogP contribution in [0.5, 0.6) is 0 Å². The van der Waals surface area contributed by atoms with Crippen LogP contribution in [-0.2, 0) is 6.42 Å². The van der Waals surface area contributed by atoms with Gasteiger partial charge in [-0.25, -0.2) is 4.79 Å². The summed E-state index contributed by atoms with van der Waals surface area (Å²) in [5.41, 5.74) is 6.92. The summed E-state index contributed by atoms with van der Waals surface area (Å²) in [7, 11) is 0. The van der Waals surface area contributed by atoms with Crippen molar-refractivity contribution >= 4 is 17.3 Å². The largest absolute Gasteiger partial charge is 0.478 e. The zero-order chi connectivity index (χ0) is 14.5. The third kappa shape index (κ3) is 3.54. The Morgan fingerprint density at radius 1 is 1.45 bits per heavy atom. The highest BCUT2D eigenvalue weighted by Crippen LogP contribution is 2.19. The van der Waals surface area contributed by atoms with E-state index in [1.807, 2.05) is 12.1 Å². The first-order valence-corrected chi connectivity index (χ1v) is 6.48. The second kappa shape index (κ2) is 6.14. The molecule has 2 rings (SSSR count). The Morgan fingerprint density at radius 2 is 2.25 bits per heavy atom. The third-order valence-electron chi connectivity index (χ3n) is 3.10. The number of aromatic carboxylic acids is 1. The van der Waals surface area contributed by atoms with E-state index in [2.05, 4.69) is 12.2 Å². The maximum absolute atomic E-state index is 10.9. The van der Waals surface area contributed by atoms with E-state index in [0.29, 0.717) is 0 Å². The molecule has 0 radical (unpaired) electrons. The van der Waals surface area contributed by atoms with E-state index < -0.39 is 5.97 Å². The van der Waals surface area contributed by atoms with Gasteiger partial charge in [-0.2, -0.15) is 0 Å². The van der Waals surface area contributed by atoms with Crippen molar-refractivity contribution < 1.29 is 14.3 Å². The molecule has 1 aromatic carbocycles. The van der Waals surface area contributed by atoms with Gasteiger partial charge >= 0.3 is 5.97 Å². The van der Waals surface area contributed by atoms with Gasteiger partial charge in [0.25, 0.3) is 0 Å². The van der Waals surface area contributed by atoms with E-state index in [4.69, 9.17) is 15.3 Å². The molecule has 20 heavy (non-hydrogen) atoms. The Kier molecular flexibility index (Phi) is 4.30. The van der Waals surface area contributed by atoms with Crippen molar-refractivity contribution in [3.8, 4) is 0 Å². The highest BCUT2D eigenvalue weighted by Gasteiger charge is 2.09. The molecular weight excluding hydrogens is 256 g/mol. The molecule has 2 aromatic rings. The average molecular weight is 274 g/mol. The zero-order valence-electron chi connectivity index (χ0n) is 11.3. The lowest BCUT2D eigenvalue weighted by molar-refractivity contribution is 0.0698. The summed E-state index contributed by atoms with van der Waals surface area (Å²) in [5, 5.41) is 12.2. The molecule has 1 atom stereocenters. The van der Waals surface area contributed by atoms with Crippen LogP contribution in [0.4, 0.5) is 11.4 Å². The molecule has 1 unspecified atom stereocenters. The molecule has 0 spiro atoms. The number of hydrogen-bond acceptors (Lipinski definition) is 4. The number of benzene rings is 1. The number of hydrogen-bond donors (Lipinski definition) is 3. The van der Waals surface area contributed by atoms with Crippen LogP contribution in [0.25, 0.3) is 0 Å². The molecule has 5 heteroatoms. The van der Waals surface area contributed by atoms with Crippen molar-refractivity contribution in [3.05, 3.63) is 47.9 Å². The fourth-order valence-electron chi connectivity index (χ4n) is 2.02. The predicted molar refractivity (Wildman–Crippen MR) is 77.9 cm³/mol. The Morgan fingerprint density at radius 3 is 2.85 bits per heavy atom. The first-order chi connectivity index (χ1) is 9.56. The van der Waals surface area contributed by atoms with Gasteiger partial charge in [-0.15, -0.1) is 0 Å². The van der Waals surface area contributed by atoms with Crippen LogP contribution < -0.4 is 11.1 Å². The molecule has 0 aliphatic carbocycles. The number of nitrogens with two attached hydrogens (primary N) is 1. The van der Waals surface area contributed by atoms with Gasteiger partial charge in [0.05, 0.1) is 11.8 Å². The van der Waals surface area contributed by atoms with E-state index in [9.17, 15) is 4.79 Å². The topological polar surface area (TPSA) is 88.5 Å². The minimum atomic E-state index is -1.01. The number of aryl methyl sites for hydroxylation is 1. The molecule has 1 heterocycles. The molecule has 0 aliphatic heterocycles. The van der Waals surface area contributed by atoms with Gasteiger partial charge in [-0.1, -0.05) is 0 Å². The van der Waals surface area contributed by atoms with Crippen molar-refractivity contribution in [2.24, 2.45) is 0 Å². The maximum Gasteiger partial charge on any atom is 0.337 e. The highest BCUT2D eigenvalue weighted by atomic mass is 16.4. The molecule has 0 fully saturated rings. The molecule has 4 N–H and O–H groups in total. The van der Waals surface area contributed by atoms with E-state index in [1.165, 1.54) is 6.07 Å². The number of furan rings is 1.